The van der Waals surface area contributed by atoms with Crippen LogP contribution in [-0.4, -0.2) is 35.3 Å². The zero-order chi connectivity index (χ0) is 14.6. The molecule has 5 nitrogen and oxygen atoms in total. The van der Waals surface area contributed by atoms with E-state index in [1.165, 1.54) is 7.11 Å². The third-order valence-corrected chi connectivity index (χ3v) is 3.98. The molecule has 2 rings (SSSR count). The fraction of sp³-hybridized carbons (Fsp3) is 0.600. The van der Waals surface area contributed by atoms with Gasteiger partial charge in [-0.2, -0.15) is 0 Å². The number of carbonyl (C=O) groups excluding carboxylic acids is 1. The first-order valence-corrected chi connectivity index (χ1v) is 7.02. The lowest BCUT2D eigenvalue weighted by atomic mass is 9.76. The van der Waals surface area contributed by atoms with Crippen LogP contribution in [0.3, 0.4) is 0 Å². The summed E-state index contributed by atoms with van der Waals surface area (Å²) in [4.78, 5) is 16.5. The van der Waals surface area contributed by atoms with Gasteiger partial charge in [-0.25, -0.2) is 4.98 Å². The van der Waals surface area contributed by atoms with Crippen molar-refractivity contribution < 1.29 is 14.6 Å². The summed E-state index contributed by atoms with van der Waals surface area (Å²) in [5.41, 5.74) is -0.114. The summed E-state index contributed by atoms with van der Waals surface area (Å²) in [5.74, 6) is 0.576. The Bertz CT molecular complexity index is 478. The summed E-state index contributed by atoms with van der Waals surface area (Å²) in [5, 5.41) is 12.7. The van der Waals surface area contributed by atoms with Crippen LogP contribution < -0.4 is 10.1 Å². The van der Waals surface area contributed by atoms with Gasteiger partial charge in [0.15, 0.2) is 0 Å². The number of methoxy groups -OCH3 is 1. The summed E-state index contributed by atoms with van der Waals surface area (Å²) in [6, 6.07) is 3.38. The van der Waals surface area contributed by atoms with Gasteiger partial charge in [-0.3, -0.25) is 4.79 Å². The number of nitrogens with zero attached hydrogens (tertiary/aromatic N) is 1. The van der Waals surface area contributed by atoms with Crippen molar-refractivity contribution in [3.8, 4) is 5.88 Å². The Morgan fingerprint density at radius 3 is 3.10 bits per heavy atom. The molecule has 1 aromatic rings. The van der Waals surface area contributed by atoms with Gasteiger partial charge in [0.25, 0.3) is 5.91 Å². The van der Waals surface area contributed by atoms with Gasteiger partial charge in [-0.15, -0.1) is 0 Å². The normalized spacial score (nSPS) is 26.1. The van der Waals surface area contributed by atoms with Crippen molar-refractivity contribution in [2.45, 2.75) is 38.1 Å². The molecule has 5 heteroatoms. The van der Waals surface area contributed by atoms with Crippen LogP contribution in [0.5, 0.6) is 5.88 Å². The van der Waals surface area contributed by atoms with Gasteiger partial charge in [-0.05, 0) is 30.9 Å². The molecule has 2 N–H and O–H groups in total. The smallest absolute Gasteiger partial charge is 0.257 e. The summed E-state index contributed by atoms with van der Waals surface area (Å²) >= 11 is 0. The molecule has 1 saturated carbocycles. The molecule has 1 aliphatic rings. The quantitative estimate of drug-likeness (QED) is 0.880. The number of amides is 1. The van der Waals surface area contributed by atoms with Gasteiger partial charge >= 0.3 is 0 Å². The third kappa shape index (κ3) is 3.10. The van der Waals surface area contributed by atoms with Crippen molar-refractivity contribution >= 4 is 5.91 Å². The molecular weight excluding hydrogens is 256 g/mol. The van der Waals surface area contributed by atoms with Crippen molar-refractivity contribution in [1.29, 1.82) is 0 Å². The van der Waals surface area contributed by atoms with E-state index >= 15 is 0 Å². The van der Waals surface area contributed by atoms with Gasteiger partial charge in [-0.1, -0.05) is 19.8 Å². The van der Waals surface area contributed by atoms with E-state index in [4.69, 9.17) is 4.74 Å². The van der Waals surface area contributed by atoms with Crippen molar-refractivity contribution in [3.05, 3.63) is 23.9 Å². The van der Waals surface area contributed by atoms with E-state index in [1.807, 2.05) is 0 Å². The highest BCUT2D eigenvalue weighted by molar-refractivity contribution is 5.96. The van der Waals surface area contributed by atoms with Crippen LogP contribution >= 0.6 is 0 Å². The van der Waals surface area contributed by atoms with Crippen LogP contribution in [0.1, 0.15) is 43.0 Å². The van der Waals surface area contributed by atoms with Crippen LogP contribution in [-0.2, 0) is 0 Å². The predicted octanol–water partition coefficient (Wildman–Crippen LogP) is 1.76. The van der Waals surface area contributed by atoms with Gasteiger partial charge in [0, 0.05) is 6.20 Å². The molecule has 0 saturated heterocycles. The van der Waals surface area contributed by atoms with Crippen molar-refractivity contribution in [2.24, 2.45) is 5.92 Å². The Morgan fingerprint density at radius 2 is 2.45 bits per heavy atom. The minimum atomic E-state index is -0.518. The van der Waals surface area contributed by atoms with E-state index in [-0.39, 0.29) is 12.5 Å². The second-order valence-electron chi connectivity index (χ2n) is 5.65. The monoisotopic (exact) mass is 278 g/mol. The van der Waals surface area contributed by atoms with Crippen molar-refractivity contribution in [2.75, 3.05) is 13.7 Å². The Hall–Kier alpha value is -1.62. The maximum Gasteiger partial charge on any atom is 0.257 e. The second-order valence-corrected chi connectivity index (χ2v) is 5.65. The molecular formula is C15H22N2O3. The molecule has 1 fully saturated rings. The molecule has 110 valence electrons. The zero-order valence-electron chi connectivity index (χ0n) is 12.1. The maximum atomic E-state index is 12.4. The molecule has 20 heavy (non-hydrogen) atoms. The van der Waals surface area contributed by atoms with Gasteiger partial charge in [0.2, 0.25) is 5.88 Å². The highest BCUT2D eigenvalue weighted by atomic mass is 16.5. The number of rotatable bonds is 4. The number of aliphatic hydroxyl groups is 1. The first-order valence-electron chi connectivity index (χ1n) is 7.02. The van der Waals surface area contributed by atoms with E-state index in [1.54, 1.807) is 18.3 Å². The van der Waals surface area contributed by atoms with Crippen LogP contribution in [0.15, 0.2) is 18.3 Å². The fourth-order valence-corrected chi connectivity index (χ4v) is 2.99. The Morgan fingerprint density at radius 1 is 1.65 bits per heavy atom. The van der Waals surface area contributed by atoms with Gasteiger partial charge in [0.1, 0.15) is 5.56 Å². The van der Waals surface area contributed by atoms with Crippen LogP contribution in [0, 0.1) is 5.92 Å². The molecule has 1 amide bonds. The fourth-order valence-electron chi connectivity index (χ4n) is 2.99. The number of hydrogen-bond donors (Lipinski definition) is 2. The van der Waals surface area contributed by atoms with Crippen LogP contribution in [0.25, 0.3) is 0 Å². The molecule has 0 bridgehead atoms. The summed E-state index contributed by atoms with van der Waals surface area (Å²) < 4.78 is 5.11. The summed E-state index contributed by atoms with van der Waals surface area (Å²) in [6.07, 6.45) is 5.36. The van der Waals surface area contributed by atoms with Gasteiger partial charge < -0.3 is 15.2 Å². The average molecular weight is 278 g/mol. The highest BCUT2D eigenvalue weighted by Crippen LogP contribution is 2.32. The second kappa shape index (κ2) is 6.22. The largest absolute Gasteiger partial charge is 0.480 e. The number of pyridine rings is 1. The minimum Gasteiger partial charge on any atom is -0.480 e. The summed E-state index contributed by atoms with van der Waals surface area (Å²) in [6.45, 7) is 2.12. The molecule has 0 radical (unpaired) electrons. The Kier molecular flexibility index (Phi) is 4.60. The van der Waals surface area contributed by atoms with E-state index in [0.29, 0.717) is 17.4 Å². The van der Waals surface area contributed by atoms with Crippen LogP contribution in [0.2, 0.25) is 0 Å². The molecule has 2 unspecified atom stereocenters. The van der Waals surface area contributed by atoms with E-state index in [9.17, 15) is 9.90 Å². The molecule has 0 aromatic carbocycles. The predicted molar refractivity (Wildman–Crippen MR) is 75.7 cm³/mol. The highest BCUT2D eigenvalue weighted by Gasteiger charge is 2.36. The Labute approximate surface area is 119 Å². The molecule has 1 aromatic heterocycles. The number of carbonyl (C=O) groups is 1. The lowest BCUT2D eigenvalue weighted by Crippen LogP contribution is -2.53. The zero-order valence-corrected chi connectivity index (χ0v) is 12.1. The van der Waals surface area contributed by atoms with Crippen molar-refractivity contribution in [3.63, 3.8) is 0 Å². The molecule has 0 spiro atoms. The van der Waals surface area contributed by atoms with Crippen LogP contribution in [0.4, 0.5) is 0 Å². The standard InChI is InChI=1S/C15H22N2O3/c1-11-5-3-7-15(9-11,10-18)17-13(19)12-6-4-8-16-14(12)20-2/h4,6,8,11,18H,3,5,7,9-10H2,1-2H3,(H,17,19). The van der Waals surface area contributed by atoms with E-state index in [0.717, 1.165) is 25.7 Å². The molecule has 2 atom stereocenters. The molecule has 1 aliphatic carbocycles. The third-order valence-electron chi connectivity index (χ3n) is 3.98. The average Bonchev–Trinajstić information content (AvgIpc) is 2.47. The molecule has 0 aliphatic heterocycles. The number of hydrogen-bond acceptors (Lipinski definition) is 4. The SMILES string of the molecule is COc1ncccc1C(=O)NC1(CO)CCCC(C)C1. The number of aliphatic hydroxyl groups excluding tert-OH is 1. The summed E-state index contributed by atoms with van der Waals surface area (Å²) in [7, 11) is 1.49. The van der Waals surface area contributed by atoms with E-state index in [2.05, 4.69) is 17.2 Å². The van der Waals surface area contributed by atoms with Crippen molar-refractivity contribution in [1.82, 2.24) is 10.3 Å². The number of nitrogens with one attached hydrogen (secondary N) is 1. The lowest BCUT2D eigenvalue weighted by Gasteiger charge is -2.39. The first-order chi connectivity index (χ1) is 9.60. The Balaban J connectivity index is 2.17. The maximum absolute atomic E-state index is 12.4. The minimum absolute atomic E-state index is 0.0361. The van der Waals surface area contributed by atoms with Gasteiger partial charge in [0.05, 0.1) is 19.3 Å². The lowest BCUT2D eigenvalue weighted by molar-refractivity contribution is 0.0694. The number of aromatic nitrogens is 1. The molecule has 1 heterocycles. The van der Waals surface area contributed by atoms with E-state index < -0.39 is 5.54 Å². The topological polar surface area (TPSA) is 71.5 Å². The number of ether oxygens (including phenoxy) is 1. The first kappa shape index (κ1) is 14.8.